The quantitative estimate of drug-likeness (QED) is 0.844. The Balaban J connectivity index is 1.98. The Morgan fingerprint density at radius 3 is 2.37 bits per heavy atom. The molecule has 0 fully saturated rings. The normalized spacial score (nSPS) is 12.4. The van der Waals surface area contributed by atoms with Gasteiger partial charge in [-0.05, 0) is 43.5 Å². The first-order chi connectivity index (χ1) is 9.06. The number of benzene rings is 2. The molecule has 0 aromatic heterocycles. The van der Waals surface area contributed by atoms with Crippen LogP contribution in [0.1, 0.15) is 35.2 Å². The van der Waals surface area contributed by atoms with Crippen LogP contribution in [0.2, 0.25) is 0 Å². The van der Waals surface area contributed by atoms with E-state index < -0.39 is 0 Å². The zero-order valence-electron chi connectivity index (χ0n) is 11.7. The third-order valence-corrected chi connectivity index (χ3v) is 4.30. The summed E-state index contributed by atoms with van der Waals surface area (Å²) in [6.45, 7) is 7.34. The third-order valence-electron chi connectivity index (χ3n) is 3.41. The first kappa shape index (κ1) is 14.3. The zero-order valence-corrected chi connectivity index (χ0v) is 13.3. The molecule has 1 N–H and O–H groups in total. The molecule has 0 heterocycles. The minimum absolute atomic E-state index is 0.365. The summed E-state index contributed by atoms with van der Waals surface area (Å²) in [6, 6.07) is 15.6. The molecule has 19 heavy (non-hydrogen) atoms. The van der Waals surface area contributed by atoms with Crippen molar-refractivity contribution < 1.29 is 0 Å². The molecular formula is C17H20BrN. The lowest BCUT2D eigenvalue weighted by Crippen LogP contribution is -2.18. The van der Waals surface area contributed by atoms with Gasteiger partial charge in [-0.3, -0.25) is 0 Å². The smallest absolute Gasteiger partial charge is 0.0294 e. The van der Waals surface area contributed by atoms with Crippen LogP contribution in [0.5, 0.6) is 0 Å². The van der Waals surface area contributed by atoms with Crippen LogP contribution in [-0.2, 0) is 6.54 Å². The van der Waals surface area contributed by atoms with E-state index in [1.165, 1.54) is 26.7 Å². The van der Waals surface area contributed by atoms with E-state index in [0.29, 0.717) is 6.04 Å². The molecule has 0 aliphatic carbocycles. The Kier molecular flexibility index (Phi) is 4.78. The topological polar surface area (TPSA) is 12.0 Å². The molecule has 0 unspecified atom stereocenters. The Hall–Kier alpha value is -1.12. The number of rotatable bonds is 4. The molecule has 0 amide bonds. The largest absolute Gasteiger partial charge is 0.306 e. The fourth-order valence-electron chi connectivity index (χ4n) is 2.06. The van der Waals surface area contributed by atoms with E-state index in [2.05, 4.69) is 84.5 Å². The van der Waals surface area contributed by atoms with Crippen LogP contribution in [0.3, 0.4) is 0 Å². The molecule has 100 valence electrons. The van der Waals surface area contributed by atoms with Crippen LogP contribution in [0.15, 0.2) is 46.9 Å². The van der Waals surface area contributed by atoms with Gasteiger partial charge in [0.1, 0.15) is 0 Å². The molecule has 0 spiro atoms. The van der Waals surface area contributed by atoms with Crippen LogP contribution in [0, 0.1) is 13.8 Å². The summed E-state index contributed by atoms with van der Waals surface area (Å²) in [4.78, 5) is 0. The number of nitrogens with one attached hydrogen (secondary N) is 1. The molecule has 0 aliphatic rings. The highest BCUT2D eigenvalue weighted by molar-refractivity contribution is 9.10. The molecule has 0 bridgehead atoms. The lowest BCUT2D eigenvalue weighted by atomic mass is 10.1. The average Bonchev–Trinajstić information content (AvgIpc) is 2.40. The Bertz CT molecular complexity index is 546. The molecule has 1 nitrogen and oxygen atoms in total. The summed E-state index contributed by atoms with van der Waals surface area (Å²) in [5.41, 5.74) is 5.24. The van der Waals surface area contributed by atoms with Gasteiger partial charge in [-0.1, -0.05) is 57.9 Å². The van der Waals surface area contributed by atoms with Crippen LogP contribution in [-0.4, -0.2) is 0 Å². The summed E-state index contributed by atoms with van der Waals surface area (Å²) in [5.74, 6) is 0. The Labute approximate surface area is 124 Å². The van der Waals surface area contributed by atoms with Crippen molar-refractivity contribution in [3.63, 3.8) is 0 Å². The molecule has 2 aromatic carbocycles. The van der Waals surface area contributed by atoms with Gasteiger partial charge in [-0.25, -0.2) is 0 Å². The van der Waals surface area contributed by atoms with Gasteiger partial charge in [-0.2, -0.15) is 0 Å². The monoisotopic (exact) mass is 317 g/mol. The number of aryl methyl sites for hydroxylation is 2. The van der Waals surface area contributed by atoms with E-state index in [1.807, 2.05) is 0 Å². The first-order valence-corrected chi connectivity index (χ1v) is 7.40. The van der Waals surface area contributed by atoms with Crippen LogP contribution in [0.4, 0.5) is 0 Å². The van der Waals surface area contributed by atoms with Crippen LogP contribution >= 0.6 is 15.9 Å². The third kappa shape index (κ3) is 3.92. The molecule has 0 aliphatic heterocycles. The highest BCUT2D eigenvalue weighted by atomic mass is 79.9. The molecule has 2 aromatic rings. The van der Waals surface area contributed by atoms with Crippen molar-refractivity contribution >= 4 is 15.9 Å². The first-order valence-electron chi connectivity index (χ1n) is 6.61. The molecule has 2 rings (SSSR count). The van der Waals surface area contributed by atoms with Crippen LogP contribution in [0.25, 0.3) is 0 Å². The molecular weight excluding hydrogens is 298 g/mol. The summed E-state index contributed by atoms with van der Waals surface area (Å²) in [6.07, 6.45) is 0. The van der Waals surface area contributed by atoms with Crippen molar-refractivity contribution in [2.24, 2.45) is 0 Å². The SMILES string of the molecule is Cc1ccc([C@@H](C)NCc2ccc(Br)c(C)c2)cc1. The Morgan fingerprint density at radius 2 is 1.74 bits per heavy atom. The lowest BCUT2D eigenvalue weighted by molar-refractivity contribution is 0.574. The number of hydrogen-bond acceptors (Lipinski definition) is 1. The predicted molar refractivity (Wildman–Crippen MR) is 85.3 cm³/mol. The standard InChI is InChI=1S/C17H20BrN/c1-12-4-7-16(8-5-12)14(3)19-11-15-6-9-17(18)13(2)10-15/h4-10,14,19H,11H2,1-3H3/t14-/m1/s1. The van der Waals surface area contributed by atoms with E-state index >= 15 is 0 Å². The number of halogens is 1. The maximum Gasteiger partial charge on any atom is 0.0294 e. The molecule has 1 atom stereocenters. The maximum atomic E-state index is 3.57. The lowest BCUT2D eigenvalue weighted by Gasteiger charge is -2.15. The van der Waals surface area contributed by atoms with Gasteiger partial charge in [0.25, 0.3) is 0 Å². The highest BCUT2D eigenvalue weighted by Crippen LogP contribution is 2.18. The van der Waals surface area contributed by atoms with Crippen molar-refractivity contribution in [1.82, 2.24) is 5.32 Å². The zero-order chi connectivity index (χ0) is 13.8. The summed E-state index contributed by atoms with van der Waals surface area (Å²) in [5, 5.41) is 3.57. The van der Waals surface area contributed by atoms with Gasteiger partial charge in [0.2, 0.25) is 0 Å². The van der Waals surface area contributed by atoms with Crippen LogP contribution < -0.4 is 5.32 Å². The van der Waals surface area contributed by atoms with Gasteiger partial charge < -0.3 is 5.32 Å². The number of hydrogen-bond donors (Lipinski definition) is 1. The predicted octanol–water partition coefficient (Wildman–Crippen LogP) is 4.92. The fourth-order valence-corrected chi connectivity index (χ4v) is 2.31. The van der Waals surface area contributed by atoms with E-state index in [1.54, 1.807) is 0 Å². The van der Waals surface area contributed by atoms with E-state index in [9.17, 15) is 0 Å². The van der Waals surface area contributed by atoms with E-state index in [4.69, 9.17) is 0 Å². The van der Waals surface area contributed by atoms with Gasteiger partial charge in [0.05, 0.1) is 0 Å². The van der Waals surface area contributed by atoms with Crippen molar-refractivity contribution in [3.05, 3.63) is 69.2 Å². The van der Waals surface area contributed by atoms with Crippen molar-refractivity contribution in [2.45, 2.75) is 33.4 Å². The molecule has 0 saturated heterocycles. The second-order valence-corrected chi connectivity index (χ2v) is 5.95. The highest BCUT2D eigenvalue weighted by Gasteiger charge is 2.05. The summed E-state index contributed by atoms with van der Waals surface area (Å²) >= 11 is 3.53. The van der Waals surface area contributed by atoms with E-state index in [-0.39, 0.29) is 0 Å². The summed E-state index contributed by atoms with van der Waals surface area (Å²) < 4.78 is 1.17. The fraction of sp³-hybridized carbons (Fsp3) is 0.294. The average molecular weight is 318 g/mol. The van der Waals surface area contributed by atoms with E-state index in [0.717, 1.165) is 6.54 Å². The Morgan fingerprint density at radius 1 is 1.05 bits per heavy atom. The second kappa shape index (κ2) is 6.36. The van der Waals surface area contributed by atoms with Crippen molar-refractivity contribution in [1.29, 1.82) is 0 Å². The molecule has 2 heteroatoms. The van der Waals surface area contributed by atoms with Crippen molar-refractivity contribution in [3.8, 4) is 0 Å². The second-order valence-electron chi connectivity index (χ2n) is 5.10. The minimum atomic E-state index is 0.365. The van der Waals surface area contributed by atoms with Gasteiger partial charge in [0.15, 0.2) is 0 Å². The summed E-state index contributed by atoms with van der Waals surface area (Å²) in [7, 11) is 0. The van der Waals surface area contributed by atoms with Gasteiger partial charge >= 0.3 is 0 Å². The van der Waals surface area contributed by atoms with Crippen molar-refractivity contribution in [2.75, 3.05) is 0 Å². The maximum absolute atomic E-state index is 3.57. The van der Waals surface area contributed by atoms with Gasteiger partial charge in [-0.15, -0.1) is 0 Å². The minimum Gasteiger partial charge on any atom is -0.306 e. The van der Waals surface area contributed by atoms with Gasteiger partial charge in [0, 0.05) is 17.1 Å². The molecule has 0 saturated carbocycles. The molecule has 0 radical (unpaired) electrons.